The van der Waals surface area contributed by atoms with Gasteiger partial charge in [-0.15, -0.1) is 11.3 Å². The Morgan fingerprint density at radius 2 is 2.04 bits per heavy atom. The minimum Gasteiger partial charge on any atom is -0.478 e. The third-order valence-corrected chi connectivity index (χ3v) is 7.14. The van der Waals surface area contributed by atoms with E-state index < -0.39 is 16.0 Å². The first kappa shape index (κ1) is 18.1. The number of aromatic carboxylic acids is 1. The zero-order valence-corrected chi connectivity index (χ0v) is 15.3. The normalized spacial score (nSPS) is 15.0. The van der Waals surface area contributed by atoms with Gasteiger partial charge in [-0.1, -0.05) is 24.3 Å². The highest BCUT2D eigenvalue weighted by Crippen LogP contribution is 2.20. The molecule has 0 radical (unpaired) electrons. The van der Waals surface area contributed by atoms with Crippen LogP contribution in [0.2, 0.25) is 0 Å². The Hall–Kier alpha value is -1.74. The maximum atomic E-state index is 12.2. The lowest BCUT2D eigenvalue weighted by molar-refractivity contribution is 0.0697. The Bertz CT molecular complexity index is 861. The van der Waals surface area contributed by atoms with Crippen molar-refractivity contribution < 1.29 is 18.3 Å². The molecule has 0 atom stereocenters. The molecule has 0 spiro atoms. The van der Waals surface area contributed by atoms with Crippen LogP contribution in [0, 0.1) is 0 Å². The smallest absolute Gasteiger partial charge is 0.336 e. The van der Waals surface area contributed by atoms with Crippen LogP contribution in [0.5, 0.6) is 0 Å². The van der Waals surface area contributed by atoms with Gasteiger partial charge < -0.3 is 5.11 Å². The number of carbonyl (C=O) groups is 1. The van der Waals surface area contributed by atoms with Crippen LogP contribution in [0.3, 0.4) is 0 Å². The van der Waals surface area contributed by atoms with Crippen molar-refractivity contribution in [1.82, 2.24) is 9.62 Å². The summed E-state index contributed by atoms with van der Waals surface area (Å²) >= 11 is 0.921. The minimum absolute atomic E-state index is 0.00245. The van der Waals surface area contributed by atoms with E-state index in [2.05, 4.69) is 27.8 Å². The molecule has 8 heteroatoms. The first-order valence-electron chi connectivity index (χ1n) is 8.06. The molecule has 3 rings (SSSR count). The molecule has 134 valence electrons. The van der Waals surface area contributed by atoms with Gasteiger partial charge in [0.2, 0.25) is 10.0 Å². The van der Waals surface area contributed by atoms with Crippen LogP contribution in [0.4, 0.5) is 0 Å². The first-order valence-corrected chi connectivity index (χ1v) is 10.4. The third kappa shape index (κ3) is 4.46. The highest BCUT2D eigenvalue weighted by atomic mass is 32.2. The summed E-state index contributed by atoms with van der Waals surface area (Å²) in [6, 6.07) is 9.59. The molecule has 0 aliphatic carbocycles. The lowest BCUT2D eigenvalue weighted by atomic mass is 10.00. The number of thiophene rings is 1. The van der Waals surface area contributed by atoms with Crippen LogP contribution in [-0.4, -0.2) is 44.0 Å². The van der Waals surface area contributed by atoms with Gasteiger partial charge >= 0.3 is 5.97 Å². The topological polar surface area (TPSA) is 86.7 Å². The largest absolute Gasteiger partial charge is 0.478 e. The highest BCUT2D eigenvalue weighted by molar-refractivity contribution is 7.91. The third-order valence-electron chi connectivity index (χ3n) is 4.24. The molecule has 0 amide bonds. The molecular formula is C17H20N2O4S2. The zero-order chi connectivity index (χ0) is 17.9. The number of carboxylic acid groups (broad SMARTS) is 1. The standard InChI is InChI=1S/C17H20N2O4S2/c20-17(21)15-10-16(24-12-15)25(22,23)18-7-3-8-19-9-6-13-4-1-2-5-14(13)11-19/h1-2,4-5,10,12,18H,3,6-9,11H2,(H,20,21). The lowest BCUT2D eigenvalue weighted by Crippen LogP contribution is -2.33. The summed E-state index contributed by atoms with van der Waals surface area (Å²) in [5.74, 6) is -1.12. The van der Waals surface area contributed by atoms with E-state index >= 15 is 0 Å². The van der Waals surface area contributed by atoms with E-state index in [1.54, 1.807) is 0 Å². The van der Waals surface area contributed by atoms with E-state index in [1.807, 2.05) is 6.07 Å². The van der Waals surface area contributed by atoms with Gasteiger partial charge in [-0.25, -0.2) is 17.9 Å². The Labute approximate surface area is 151 Å². The summed E-state index contributed by atoms with van der Waals surface area (Å²) in [5.41, 5.74) is 2.73. The monoisotopic (exact) mass is 380 g/mol. The number of hydrogen-bond acceptors (Lipinski definition) is 5. The van der Waals surface area contributed by atoms with Crippen LogP contribution in [0.1, 0.15) is 27.9 Å². The Kier molecular flexibility index (Phi) is 5.53. The molecule has 1 aliphatic rings. The van der Waals surface area contributed by atoms with Crippen molar-refractivity contribution in [1.29, 1.82) is 0 Å². The molecule has 1 aromatic heterocycles. The van der Waals surface area contributed by atoms with Gasteiger partial charge in [0.05, 0.1) is 5.56 Å². The summed E-state index contributed by atoms with van der Waals surface area (Å²) in [6.45, 7) is 3.04. The van der Waals surface area contributed by atoms with Crippen molar-refractivity contribution >= 4 is 27.3 Å². The summed E-state index contributed by atoms with van der Waals surface area (Å²) in [7, 11) is -3.64. The van der Waals surface area contributed by atoms with Crippen molar-refractivity contribution in [2.24, 2.45) is 0 Å². The van der Waals surface area contributed by atoms with Gasteiger partial charge in [0.1, 0.15) is 4.21 Å². The van der Waals surface area contributed by atoms with E-state index in [4.69, 9.17) is 5.11 Å². The van der Waals surface area contributed by atoms with Gasteiger partial charge in [-0.05, 0) is 36.6 Å². The molecular weight excluding hydrogens is 360 g/mol. The average Bonchev–Trinajstić information content (AvgIpc) is 3.10. The fourth-order valence-corrected chi connectivity index (χ4v) is 5.17. The van der Waals surface area contributed by atoms with E-state index in [9.17, 15) is 13.2 Å². The molecule has 2 aromatic rings. The predicted molar refractivity (Wildman–Crippen MR) is 96.5 cm³/mol. The van der Waals surface area contributed by atoms with E-state index in [0.717, 1.165) is 37.4 Å². The molecule has 2 heterocycles. The van der Waals surface area contributed by atoms with Crippen LogP contribution >= 0.6 is 11.3 Å². The van der Waals surface area contributed by atoms with Crippen molar-refractivity contribution in [3.05, 3.63) is 52.4 Å². The van der Waals surface area contributed by atoms with Crippen LogP contribution in [0.15, 0.2) is 39.9 Å². The second-order valence-corrected chi connectivity index (χ2v) is 8.91. The fourth-order valence-electron chi connectivity index (χ4n) is 2.89. The number of nitrogens with one attached hydrogen (secondary N) is 1. The maximum absolute atomic E-state index is 12.2. The van der Waals surface area contributed by atoms with Crippen molar-refractivity contribution in [3.63, 3.8) is 0 Å². The summed E-state index contributed by atoms with van der Waals surface area (Å²) in [5, 5.41) is 10.2. The predicted octanol–water partition coefficient (Wildman–Crippen LogP) is 2.17. The quantitative estimate of drug-likeness (QED) is 0.719. The molecule has 6 nitrogen and oxygen atoms in total. The molecule has 2 N–H and O–H groups in total. The first-order chi connectivity index (χ1) is 12.0. The van der Waals surface area contributed by atoms with Crippen molar-refractivity contribution in [3.8, 4) is 0 Å². The highest BCUT2D eigenvalue weighted by Gasteiger charge is 2.19. The Balaban J connectivity index is 1.47. The minimum atomic E-state index is -3.64. The second-order valence-electron chi connectivity index (χ2n) is 6.01. The number of nitrogens with zero attached hydrogens (tertiary/aromatic N) is 1. The number of carboxylic acids is 1. The molecule has 0 bridgehead atoms. The van der Waals surface area contributed by atoms with Gasteiger partial charge in [0.25, 0.3) is 0 Å². The van der Waals surface area contributed by atoms with Crippen molar-refractivity contribution in [2.75, 3.05) is 19.6 Å². The second kappa shape index (κ2) is 7.65. The van der Waals surface area contributed by atoms with Crippen molar-refractivity contribution in [2.45, 2.75) is 23.6 Å². The zero-order valence-electron chi connectivity index (χ0n) is 13.6. The molecule has 0 saturated heterocycles. The molecule has 0 saturated carbocycles. The molecule has 1 aliphatic heterocycles. The van der Waals surface area contributed by atoms with Gasteiger partial charge in [0.15, 0.2) is 0 Å². The van der Waals surface area contributed by atoms with Gasteiger partial charge in [0, 0.05) is 25.0 Å². The summed E-state index contributed by atoms with van der Waals surface area (Å²) in [4.78, 5) is 13.2. The molecule has 0 fully saturated rings. The van der Waals surface area contributed by atoms with Gasteiger partial charge in [-0.2, -0.15) is 0 Å². The number of fused-ring (bicyclic) bond motifs is 1. The van der Waals surface area contributed by atoms with Crippen LogP contribution in [0.25, 0.3) is 0 Å². The summed E-state index contributed by atoms with van der Waals surface area (Å²) in [6.07, 6.45) is 1.73. The molecule has 1 aromatic carbocycles. The lowest BCUT2D eigenvalue weighted by Gasteiger charge is -2.28. The summed E-state index contributed by atoms with van der Waals surface area (Å²) < 4.78 is 26.9. The SMILES string of the molecule is O=C(O)c1csc(S(=O)(=O)NCCCN2CCc3ccccc3C2)c1. The van der Waals surface area contributed by atoms with E-state index in [1.165, 1.54) is 22.6 Å². The molecule has 25 heavy (non-hydrogen) atoms. The Morgan fingerprint density at radius 1 is 1.28 bits per heavy atom. The number of hydrogen-bond donors (Lipinski definition) is 2. The number of rotatable bonds is 7. The number of benzene rings is 1. The van der Waals surface area contributed by atoms with Crippen LogP contribution in [-0.2, 0) is 23.0 Å². The average molecular weight is 380 g/mol. The van der Waals surface area contributed by atoms with Gasteiger partial charge in [-0.3, -0.25) is 4.90 Å². The van der Waals surface area contributed by atoms with Crippen LogP contribution < -0.4 is 4.72 Å². The maximum Gasteiger partial charge on any atom is 0.336 e. The molecule has 0 unspecified atom stereocenters. The number of sulfonamides is 1. The van der Waals surface area contributed by atoms with E-state index in [0.29, 0.717) is 13.0 Å². The Morgan fingerprint density at radius 3 is 2.76 bits per heavy atom. The van der Waals surface area contributed by atoms with E-state index in [-0.39, 0.29) is 9.77 Å². The fraction of sp³-hybridized carbons (Fsp3) is 0.353.